The summed E-state index contributed by atoms with van der Waals surface area (Å²) in [6.07, 6.45) is 2.16. The van der Waals surface area contributed by atoms with Crippen LogP contribution in [-0.2, 0) is 9.57 Å². The van der Waals surface area contributed by atoms with Gasteiger partial charge in [0.25, 0.3) is 0 Å². The largest absolute Gasteiger partial charge is 0.369 e. The summed E-state index contributed by atoms with van der Waals surface area (Å²) in [5.41, 5.74) is 1.09. The van der Waals surface area contributed by atoms with E-state index >= 15 is 0 Å². The molecule has 0 amide bonds. The molecule has 0 aromatic heterocycles. The second-order valence-electron chi connectivity index (χ2n) is 4.08. The van der Waals surface area contributed by atoms with Gasteiger partial charge in [0.15, 0.2) is 5.79 Å². The predicted molar refractivity (Wildman–Crippen MR) is 60.0 cm³/mol. The molecule has 2 atom stereocenters. The minimum atomic E-state index is -0.850. The molecule has 0 saturated carbocycles. The van der Waals surface area contributed by atoms with E-state index in [1.807, 2.05) is 30.3 Å². The van der Waals surface area contributed by atoms with Gasteiger partial charge in [-0.15, -0.1) is 0 Å². The maximum atomic E-state index is 11.4. The Labute approximate surface area is 94.6 Å². The molecule has 1 aliphatic rings. The molecule has 1 aromatic carbocycles. The van der Waals surface area contributed by atoms with E-state index in [-0.39, 0.29) is 5.92 Å². The van der Waals surface area contributed by atoms with Crippen LogP contribution < -0.4 is 0 Å². The van der Waals surface area contributed by atoms with E-state index in [0.717, 1.165) is 5.56 Å². The van der Waals surface area contributed by atoms with Gasteiger partial charge in [0.1, 0.15) is 0 Å². The molecule has 1 aromatic rings. The van der Waals surface area contributed by atoms with Gasteiger partial charge in [-0.3, -0.25) is 5.21 Å². The number of nitrogens with zero attached hydrogens (tertiary/aromatic N) is 1. The van der Waals surface area contributed by atoms with Crippen molar-refractivity contribution in [3.8, 4) is 0 Å². The topological polar surface area (TPSA) is 44.5 Å². The van der Waals surface area contributed by atoms with Gasteiger partial charge < -0.3 is 9.57 Å². The summed E-state index contributed by atoms with van der Waals surface area (Å²) in [7, 11) is 1.54. The average molecular weight is 221 g/mol. The summed E-state index contributed by atoms with van der Waals surface area (Å²) >= 11 is 0. The van der Waals surface area contributed by atoms with Crippen molar-refractivity contribution in [2.45, 2.75) is 25.0 Å². The first-order valence-electron chi connectivity index (χ1n) is 5.23. The smallest absolute Gasteiger partial charge is 0.217 e. The monoisotopic (exact) mass is 221 g/mol. The fraction of sp³-hybridized carbons (Fsp3) is 0.417. The average Bonchev–Trinajstić information content (AvgIpc) is 2.29. The first-order valence-corrected chi connectivity index (χ1v) is 5.23. The van der Waals surface area contributed by atoms with Gasteiger partial charge in [-0.2, -0.15) is 0 Å². The zero-order chi connectivity index (χ0) is 11.6. The van der Waals surface area contributed by atoms with Crippen molar-refractivity contribution in [1.29, 1.82) is 0 Å². The SMILES string of the molecule is CO[C@]1(C)C[C@@H](c2ccccc2)C=[N+]([O-])O1. The normalized spacial score (nSPS) is 29.4. The summed E-state index contributed by atoms with van der Waals surface area (Å²) in [5.74, 6) is -0.825. The summed E-state index contributed by atoms with van der Waals surface area (Å²) < 4.78 is 5.22. The number of hydrogen-bond donors (Lipinski definition) is 0. The Morgan fingerprint density at radius 3 is 2.75 bits per heavy atom. The zero-order valence-electron chi connectivity index (χ0n) is 9.42. The molecule has 0 bridgehead atoms. The van der Waals surface area contributed by atoms with E-state index in [1.54, 1.807) is 14.0 Å². The van der Waals surface area contributed by atoms with Crippen LogP contribution in [0.15, 0.2) is 30.3 Å². The molecule has 0 N–H and O–H groups in total. The third-order valence-electron chi connectivity index (χ3n) is 2.83. The van der Waals surface area contributed by atoms with Crippen LogP contribution in [0.3, 0.4) is 0 Å². The van der Waals surface area contributed by atoms with Gasteiger partial charge in [0.05, 0.1) is 5.92 Å². The molecular formula is C12H15NO3. The number of hydrogen-bond acceptors (Lipinski definition) is 3. The molecule has 16 heavy (non-hydrogen) atoms. The maximum Gasteiger partial charge on any atom is 0.217 e. The lowest BCUT2D eigenvalue weighted by atomic mass is 9.92. The Bertz CT molecular complexity index is 391. The molecule has 0 saturated heterocycles. The third-order valence-corrected chi connectivity index (χ3v) is 2.83. The van der Waals surface area contributed by atoms with E-state index in [0.29, 0.717) is 11.3 Å². The number of ether oxygens (including phenoxy) is 1. The second kappa shape index (κ2) is 4.14. The van der Waals surface area contributed by atoms with Crippen molar-refractivity contribution in [2.24, 2.45) is 0 Å². The van der Waals surface area contributed by atoms with Crippen molar-refractivity contribution in [2.75, 3.05) is 7.11 Å². The minimum absolute atomic E-state index is 0.0254. The van der Waals surface area contributed by atoms with Crippen molar-refractivity contribution < 1.29 is 14.5 Å². The minimum Gasteiger partial charge on any atom is -0.369 e. The van der Waals surface area contributed by atoms with Crippen LogP contribution in [0.4, 0.5) is 0 Å². The molecule has 0 unspecified atom stereocenters. The van der Waals surface area contributed by atoms with Crippen LogP contribution in [0, 0.1) is 5.21 Å². The van der Waals surface area contributed by atoms with E-state index in [2.05, 4.69) is 0 Å². The summed E-state index contributed by atoms with van der Waals surface area (Å²) in [6, 6.07) is 9.86. The van der Waals surface area contributed by atoms with Crippen LogP contribution >= 0.6 is 0 Å². The van der Waals surface area contributed by atoms with E-state index < -0.39 is 5.79 Å². The highest BCUT2D eigenvalue weighted by molar-refractivity contribution is 5.63. The number of benzene rings is 1. The van der Waals surface area contributed by atoms with Crippen molar-refractivity contribution in [3.63, 3.8) is 0 Å². The number of methoxy groups -OCH3 is 1. The zero-order valence-corrected chi connectivity index (χ0v) is 9.42. The van der Waals surface area contributed by atoms with Crippen LogP contribution in [0.25, 0.3) is 0 Å². The third kappa shape index (κ3) is 2.17. The lowest BCUT2D eigenvalue weighted by molar-refractivity contribution is -0.783. The van der Waals surface area contributed by atoms with Crippen LogP contribution in [0.5, 0.6) is 0 Å². The van der Waals surface area contributed by atoms with Crippen LogP contribution in [0.1, 0.15) is 24.8 Å². The molecule has 0 aliphatic carbocycles. The van der Waals surface area contributed by atoms with Gasteiger partial charge in [-0.1, -0.05) is 30.3 Å². The van der Waals surface area contributed by atoms with Crippen molar-refractivity contribution >= 4 is 6.21 Å². The predicted octanol–water partition coefficient (Wildman–Crippen LogP) is 2.05. The Morgan fingerprint density at radius 2 is 2.12 bits per heavy atom. The second-order valence-corrected chi connectivity index (χ2v) is 4.08. The maximum absolute atomic E-state index is 11.4. The van der Waals surface area contributed by atoms with E-state index in [9.17, 15) is 5.21 Å². The Balaban J connectivity index is 2.27. The van der Waals surface area contributed by atoms with Crippen molar-refractivity contribution in [1.82, 2.24) is 0 Å². The fourth-order valence-corrected chi connectivity index (χ4v) is 1.88. The van der Waals surface area contributed by atoms with Crippen LogP contribution in [-0.4, -0.2) is 24.0 Å². The molecule has 4 heteroatoms. The molecule has 1 aliphatic heterocycles. The highest BCUT2D eigenvalue weighted by atomic mass is 16.9. The summed E-state index contributed by atoms with van der Waals surface area (Å²) in [4.78, 5) is 5.57. The van der Waals surface area contributed by atoms with Crippen molar-refractivity contribution in [3.05, 3.63) is 41.1 Å². The standard InChI is InChI=1S/C12H15NO3/c1-12(15-2)8-11(9-13(14)16-12)10-6-4-3-5-7-10/h3-7,9,11H,8H2,1-2H3/t11-,12+/m1/s1. The molecule has 86 valence electrons. The van der Waals surface area contributed by atoms with E-state index in [4.69, 9.17) is 9.57 Å². The molecule has 2 rings (SSSR count). The quantitative estimate of drug-likeness (QED) is 0.718. The van der Waals surface area contributed by atoms with Gasteiger partial charge in [0, 0.05) is 18.4 Å². The molecule has 0 radical (unpaired) electrons. The molecule has 4 nitrogen and oxygen atoms in total. The van der Waals surface area contributed by atoms with Gasteiger partial charge in [0.2, 0.25) is 6.21 Å². The Kier molecular flexibility index (Phi) is 2.83. The van der Waals surface area contributed by atoms with Gasteiger partial charge in [-0.25, -0.2) is 0 Å². The molecule has 0 fully saturated rings. The van der Waals surface area contributed by atoms with Gasteiger partial charge in [-0.05, 0) is 12.5 Å². The summed E-state index contributed by atoms with van der Waals surface area (Å²) in [6.45, 7) is 1.76. The van der Waals surface area contributed by atoms with E-state index in [1.165, 1.54) is 6.21 Å². The highest BCUT2D eigenvalue weighted by Crippen LogP contribution is 2.31. The number of rotatable bonds is 2. The molecule has 0 spiro atoms. The first-order chi connectivity index (χ1) is 7.63. The Hall–Kier alpha value is -1.55. The lowest BCUT2D eigenvalue weighted by Crippen LogP contribution is -2.41. The Morgan fingerprint density at radius 1 is 1.44 bits per heavy atom. The first kappa shape index (κ1) is 11.0. The van der Waals surface area contributed by atoms with Crippen LogP contribution in [0.2, 0.25) is 0 Å². The lowest BCUT2D eigenvalue weighted by Gasteiger charge is -2.35. The summed E-state index contributed by atoms with van der Waals surface area (Å²) in [5, 5.41) is 11.4. The molecular weight excluding hydrogens is 206 g/mol. The van der Waals surface area contributed by atoms with Gasteiger partial charge >= 0.3 is 0 Å². The fourth-order valence-electron chi connectivity index (χ4n) is 1.88. The molecule has 1 heterocycles. The highest BCUT2D eigenvalue weighted by Gasteiger charge is 2.34.